The Labute approximate surface area is 222 Å². The van der Waals surface area contributed by atoms with E-state index in [4.69, 9.17) is 10.8 Å². The molecule has 0 aliphatic carbocycles. The lowest BCUT2D eigenvalue weighted by atomic mass is 10.0. The van der Waals surface area contributed by atoms with Gasteiger partial charge in [-0.2, -0.15) is 5.10 Å². The molecule has 0 radical (unpaired) electrons. The molecule has 1 aliphatic rings. The molecule has 0 bridgehead atoms. The van der Waals surface area contributed by atoms with Crippen LogP contribution >= 0.6 is 0 Å². The molecule has 38 heavy (non-hydrogen) atoms. The molecule has 1 saturated heterocycles. The number of benzene rings is 2. The quantitative estimate of drug-likeness (QED) is 0.375. The number of anilines is 2. The predicted molar refractivity (Wildman–Crippen MR) is 149 cm³/mol. The van der Waals surface area contributed by atoms with Crippen molar-refractivity contribution in [2.45, 2.75) is 52.0 Å². The summed E-state index contributed by atoms with van der Waals surface area (Å²) >= 11 is 0. The molecule has 0 spiro atoms. The zero-order chi connectivity index (χ0) is 26.8. The van der Waals surface area contributed by atoms with Gasteiger partial charge in [-0.15, -0.1) is 0 Å². The van der Waals surface area contributed by atoms with Crippen LogP contribution in [0.4, 0.5) is 11.5 Å². The van der Waals surface area contributed by atoms with Crippen LogP contribution in [0.5, 0.6) is 0 Å². The van der Waals surface area contributed by atoms with Crippen molar-refractivity contribution in [2.24, 2.45) is 0 Å². The predicted octanol–water partition coefficient (Wildman–Crippen LogP) is 5.02. The van der Waals surface area contributed by atoms with E-state index < -0.39 is 0 Å². The number of rotatable bonds is 6. The average Bonchev–Trinajstić information content (AvgIpc) is 3.34. The number of nitrogens with one attached hydrogen (secondary N) is 1. The van der Waals surface area contributed by atoms with Crippen molar-refractivity contribution >= 4 is 34.4 Å². The summed E-state index contributed by atoms with van der Waals surface area (Å²) < 4.78 is 1.88. The first kappa shape index (κ1) is 25.4. The highest BCUT2D eigenvalue weighted by molar-refractivity contribution is 6.06. The number of nitrogens with zero attached hydrogens (tertiary/aromatic N) is 5. The number of hydrogen-bond acceptors (Lipinski definition) is 6. The number of piperidine rings is 1. The highest BCUT2D eigenvalue weighted by Crippen LogP contribution is 2.34. The number of aromatic nitrogens is 4. The molecule has 3 heterocycles. The van der Waals surface area contributed by atoms with E-state index in [1.54, 1.807) is 6.07 Å². The van der Waals surface area contributed by atoms with Crippen molar-refractivity contribution in [3.05, 3.63) is 66.0 Å². The number of hydrogen-bond donors (Lipinski definition) is 2. The summed E-state index contributed by atoms with van der Waals surface area (Å²) in [7, 11) is 0. The van der Waals surface area contributed by atoms with Gasteiger partial charge in [-0.05, 0) is 48.6 Å². The van der Waals surface area contributed by atoms with Crippen LogP contribution in [0.3, 0.4) is 0 Å². The minimum absolute atomic E-state index is 0.0231. The molecule has 9 heteroatoms. The van der Waals surface area contributed by atoms with Crippen LogP contribution in [0.15, 0.2) is 54.9 Å². The highest BCUT2D eigenvalue weighted by Gasteiger charge is 2.28. The molecule has 2 aromatic heterocycles. The molecule has 196 valence electrons. The van der Waals surface area contributed by atoms with Gasteiger partial charge in [0.25, 0.3) is 5.91 Å². The molecule has 0 saturated carbocycles. The molecule has 1 aliphatic heterocycles. The number of likely N-dealkylation sites (tertiary alicyclic amines) is 1. The summed E-state index contributed by atoms with van der Waals surface area (Å²) in [6.07, 6.45) is 3.68. The Bertz CT molecular complexity index is 1480. The van der Waals surface area contributed by atoms with Crippen molar-refractivity contribution in [2.75, 3.05) is 24.1 Å². The summed E-state index contributed by atoms with van der Waals surface area (Å²) in [5.41, 5.74) is 10.8. The smallest absolute Gasteiger partial charge is 0.255 e. The Hall–Kier alpha value is -4.27. The van der Waals surface area contributed by atoms with Crippen molar-refractivity contribution in [3.63, 3.8) is 0 Å². The second-order valence-electron chi connectivity index (χ2n) is 10.1. The van der Waals surface area contributed by atoms with E-state index in [1.807, 2.05) is 59.0 Å². The van der Waals surface area contributed by atoms with Gasteiger partial charge < -0.3 is 16.0 Å². The van der Waals surface area contributed by atoms with E-state index in [9.17, 15) is 9.59 Å². The Morgan fingerprint density at radius 3 is 2.66 bits per heavy atom. The Morgan fingerprint density at radius 2 is 1.92 bits per heavy atom. The van der Waals surface area contributed by atoms with Crippen molar-refractivity contribution in [1.82, 2.24) is 24.6 Å². The third kappa shape index (κ3) is 4.96. The first-order valence-corrected chi connectivity index (χ1v) is 13.1. The number of amides is 2. The number of fused-ring (bicyclic) bond motifs is 1. The Morgan fingerprint density at radius 1 is 1.13 bits per heavy atom. The van der Waals surface area contributed by atoms with Gasteiger partial charge in [-0.3, -0.25) is 9.59 Å². The summed E-state index contributed by atoms with van der Waals surface area (Å²) in [6.45, 7) is 7.48. The molecule has 9 nitrogen and oxygen atoms in total. The van der Waals surface area contributed by atoms with Crippen molar-refractivity contribution in [3.8, 4) is 11.3 Å². The fourth-order valence-corrected chi connectivity index (χ4v) is 5.02. The van der Waals surface area contributed by atoms with E-state index in [2.05, 4.69) is 29.1 Å². The van der Waals surface area contributed by atoms with Crippen LogP contribution in [-0.4, -0.2) is 49.6 Å². The van der Waals surface area contributed by atoms with Gasteiger partial charge in [-0.1, -0.05) is 45.0 Å². The minimum atomic E-state index is -0.210. The van der Waals surface area contributed by atoms with Gasteiger partial charge in [0.2, 0.25) is 5.91 Å². The highest BCUT2D eigenvalue weighted by atomic mass is 16.2. The van der Waals surface area contributed by atoms with E-state index in [1.165, 1.54) is 11.9 Å². The van der Waals surface area contributed by atoms with Crippen LogP contribution in [0.2, 0.25) is 0 Å². The van der Waals surface area contributed by atoms with Gasteiger partial charge in [0.15, 0.2) is 5.65 Å². The zero-order valence-electron chi connectivity index (χ0n) is 22.0. The van der Waals surface area contributed by atoms with Crippen LogP contribution in [-0.2, 0) is 4.79 Å². The number of carbonyl (C=O) groups is 2. The molecule has 1 fully saturated rings. The second-order valence-corrected chi connectivity index (χ2v) is 10.1. The van der Waals surface area contributed by atoms with Crippen molar-refractivity contribution < 1.29 is 9.59 Å². The fourth-order valence-electron chi connectivity index (χ4n) is 5.02. The molecule has 3 N–H and O–H groups in total. The monoisotopic (exact) mass is 511 g/mol. The lowest BCUT2D eigenvalue weighted by molar-refractivity contribution is -0.132. The fraction of sp³-hybridized carbons (Fsp3) is 0.345. The topological polar surface area (TPSA) is 119 Å². The summed E-state index contributed by atoms with van der Waals surface area (Å²) in [4.78, 5) is 36.1. The normalized spacial score (nSPS) is 15.7. The molecule has 2 aromatic carbocycles. The van der Waals surface area contributed by atoms with E-state index in [-0.39, 0.29) is 17.9 Å². The van der Waals surface area contributed by atoms with E-state index in [0.717, 1.165) is 30.6 Å². The number of nitrogens with two attached hydrogens (primary N) is 1. The van der Waals surface area contributed by atoms with E-state index >= 15 is 0 Å². The largest absolute Gasteiger partial charge is 0.383 e. The maximum Gasteiger partial charge on any atom is 0.255 e. The summed E-state index contributed by atoms with van der Waals surface area (Å²) in [5.74, 6) is 0.677. The van der Waals surface area contributed by atoms with Crippen LogP contribution in [0.25, 0.3) is 22.3 Å². The van der Waals surface area contributed by atoms with Gasteiger partial charge in [0.1, 0.15) is 17.8 Å². The molecular weight excluding hydrogens is 478 g/mol. The van der Waals surface area contributed by atoms with E-state index in [0.29, 0.717) is 47.0 Å². The second kappa shape index (κ2) is 10.6. The third-order valence-corrected chi connectivity index (χ3v) is 7.15. The molecule has 0 unspecified atom stereocenters. The zero-order valence-corrected chi connectivity index (χ0v) is 22.0. The van der Waals surface area contributed by atoms with Crippen LogP contribution < -0.4 is 11.1 Å². The first-order chi connectivity index (χ1) is 18.4. The van der Waals surface area contributed by atoms with Gasteiger partial charge in [0, 0.05) is 36.3 Å². The lowest BCUT2D eigenvalue weighted by Gasteiger charge is -2.32. The third-order valence-electron chi connectivity index (χ3n) is 7.15. The SMILES string of the molecule is CCC(=O)N1CCC[C@H](n2nc(-c3cccc(C(=O)Nc4ccc(C(C)C)cc4)c3)c3c(N)ncnc32)C1. The summed E-state index contributed by atoms with van der Waals surface area (Å²) in [6, 6.07) is 15.2. The lowest BCUT2D eigenvalue weighted by Crippen LogP contribution is -2.40. The van der Waals surface area contributed by atoms with Crippen LogP contribution in [0, 0.1) is 0 Å². The Balaban J connectivity index is 1.47. The van der Waals surface area contributed by atoms with Gasteiger partial charge in [0.05, 0.1) is 11.4 Å². The maximum atomic E-state index is 13.1. The van der Waals surface area contributed by atoms with Crippen molar-refractivity contribution in [1.29, 1.82) is 0 Å². The van der Waals surface area contributed by atoms with Gasteiger partial charge >= 0.3 is 0 Å². The standard InChI is InChI=1S/C29H33N7O2/c1-4-24(37)35-14-6-9-23(16-35)36-28-25(27(30)31-17-32-28)26(34-36)20-7-5-8-21(15-20)29(38)33-22-12-10-19(11-13-22)18(2)3/h5,7-8,10-13,15,17-18,23H,4,6,9,14,16H2,1-3H3,(H,33,38)(H2,30,31,32)/t23-/m0/s1. The number of nitrogen functional groups attached to an aromatic ring is 1. The summed E-state index contributed by atoms with van der Waals surface area (Å²) in [5, 5.41) is 8.56. The first-order valence-electron chi connectivity index (χ1n) is 13.1. The average molecular weight is 512 g/mol. The molecule has 1 atom stereocenters. The van der Waals surface area contributed by atoms with Crippen LogP contribution in [0.1, 0.15) is 67.9 Å². The number of carbonyl (C=O) groups excluding carboxylic acids is 2. The molecule has 2 amide bonds. The molecule has 4 aromatic rings. The molecular formula is C29H33N7O2. The minimum Gasteiger partial charge on any atom is -0.383 e. The van der Waals surface area contributed by atoms with Gasteiger partial charge in [-0.25, -0.2) is 14.6 Å². The molecule has 5 rings (SSSR count). The Kier molecular flexibility index (Phi) is 7.09. The maximum absolute atomic E-state index is 13.1.